The minimum absolute atomic E-state index is 0.0987. The molecule has 0 aliphatic heterocycles. The van der Waals surface area contributed by atoms with Crippen LogP contribution in [0, 0.1) is 22.2 Å². The lowest BCUT2D eigenvalue weighted by Crippen LogP contribution is -2.43. The molecule has 0 saturated heterocycles. The third kappa shape index (κ3) is 1.82. The molecule has 3 fully saturated rings. The lowest BCUT2D eigenvalue weighted by atomic mass is 9.66. The van der Waals surface area contributed by atoms with E-state index in [2.05, 4.69) is 19.2 Å². The van der Waals surface area contributed by atoms with Crippen LogP contribution in [0.2, 0.25) is 0 Å². The second-order valence-electron chi connectivity index (χ2n) is 8.10. The normalized spacial score (nSPS) is 43.4. The smallest absolute Gasteiger partial charge is 0.226 e. The Morgan fingerprint density at radius 3 is 2.95 bits per heavy atom. The summed E-state index contributed by atoms with van der Waals surface area (Å²) in [6, 6.07) is 3.79. The van der Waals surface area contributed by atoms with Gasteiger partial charge in [0.05, 0.1) is 18.2 Å². The maximum absolute atomic E-state index is 12.9. The lowest BCUT2D eigenvalue weighted by molar-refractivity contribution is -0.134. The van der Waals surface area contributed by atoms with Crippen LogP contribution >= 0.6 is 0 Å². The monoisotopic (exact) mass is 287 g/mol. The molecule has 21 heavy (non-hydrogen) atoms. The van der Waals surface area contributed by atoms with Crippen molar-refractivity contribution in [3.63, 3.8) is 0 Å². The number of carbonyl (C=O) groups excluding carboxylic acids is 1. The largest absolute Gasteiger partial charge is 0.467 e. The number of fused-ring (bicyclic) bond motifs is 1. The van der Waals surface area contributed by atoms with Gasteiger partial charge in [0.1, 0.15) is 5.76 Å². The van der Waals surface area contributed by atoms with E-state index in [1.165, 1.54) is 19.3 Å². The van der Waals surface area contributed by atoms with Gasteiger partial charge in [0.2, 0.25) is 5.91 Å². The molecular weight excluding hydrogens is 262 g/mol. The van der Waals surface area contributed by atoms with Gasteiger partial charge in [-0.15, -0.1) is 0 Å². The van der Waals surface area contributed by atoms with Crippen LogP contribution in [0.3, 0.4) is 0 Å². The summed E-state index contributed by atoms with van der Waals surface area (Å²) < 4.78 is 5.32. The molecule has 3 aliphatic carbocycles. The lowest BCUT2D eigenvalue weighted by Gasteiger charge is -2.39. The van der Waals surface area contributed by atoms with Crippen molar-refractivity contribution < 1.29 is 9.21 Å². The number of carbonyl (C=O) groups is 1. The van der Waals surface area contributed by atoms with Gasteiger partial charge in [-0.2, -0.15) is 0 Å². The molecule has 1 aromatic rings. The zero-order valence-corrected chi connectivity index (χ0v) is 13.1. The Balaban J connectivity index is 1.51. The van der Waals surface area contributed by atoms with Crippen molar-refractivity contribution in [2.24, 2.45) is 22.2 Å². The number of furan rings is 1. The molecule has 1 amide bonds. The first-order valence-corrected chi connectivity index (χ1v) is 8.32. The van der Waals surface area contributed by atoms with E-state index in [9.17, 15) is 4.79 Å². The molecule has 3 heteroatoms. The summed E-state index contributed by atoms with van der Waals surface area (Å²) in [4.78, 5) is 12.9. The van der Waals surface area contributed by atoms with E-state index in [4.69, 9.17) is 4.42 Å². The van der Waals surface area contributed by atoms with E-state index in [1.54, 1.807) is 6.26 Å². The van der Waals surface area contributed by atoms with Crippen LogP contribution in [-0.4, -0.2) is 5.91 Å². The Morgan fingerprint density at radius 2 is 2.24 bits per heavy atom. The summed E-state index contributed by atoms with van der Waals surface area (Å²) in [5, 5.41) is 3.14. The molecule has 0 radical (unpaired) electrons. The molecule has 3 nitrogen and oxygen atoms in total. The van der Waals surface area contributed by atoms with Crippen molar-refractivity contribution in [1.82, 2.24) is 5.32 Å². The molecule has 1 N–H and O–H groups in total. The fraction of sp³-hybridized carbons (Fsp3) is 0.722. The van der Waals surface area contributed by atoms with Gasteiger partial charge in [0.25, 0.3) is 0 Å². The topological polar surface area (TPSA) is 42.2 Å². The molecule has 1 aromatic heterocycles. The van der Waals surface area contributed by atoms with Crippen molar-refractivity contribution in [2.75, 3.05) is 0 Å². The summed E-state index contributed by atoms with van der Waals surface area (Å²) in [5.74, 6) is 1.84. The van der Waals surface area contributed by atoms with E-state index in [0.29, 0.717) is 17.4 Å². The Labute approximate surface area is 126 Å². The molecule has 1 spiro atoms. The summed E-state index contributed by atoms with van der Waals surface area (Å²) in [5.41, 5.74) is 0.839. The van der Waals surface area contributed by atoms with E-state index in [1.807, 2.05) is 12.1 Å². The molecule has 4 unspecified atom stereocenters. The number of nitrogens with one attached hydrogen (secondary N) is 1. The highest BCUT2D eigenvalue weighted by atomic mass is 16.3. The van der Waals surface area contributed by atoms with E-state index >= 15 is 0 Å². The molecule has 2 bridgehead atoms. The highest BCUT2D eigenvalue weighted by Gasteiger charge is 2.76. The van der Waals surface area contributed by atoms with Crippen LogP contribution in [0.5, 0.6) is 0 Å². The second kappa shape index (κ2) is 4.15. The van der Waals surface area contributed by atoms with Gasteiger partial charge in [-0.05, 0) is 61.0 Å². The van der Waals surface area contributed by atoms with Gasteiger partial charge in [0.15, 0.2) is 0 Å². The summed E-state index contributed by atoms with van der Waals surface area (Å²) in [6.07, 6.45) is 8.89. The molecular formula is C18H25NO2. The van der Waals surface area contributed by atoms with Gasteiger partial charge in [-0.25, -0.2) is 0 Å². The fourth-order valence-corrected chi connectivity index (χ4v) is 5.71. The molecule has 114 valence electrons. The van der Waals surface area contributed by atoms with Gasteiger partial charge >= 0.3 is 0 Å². The van der Waals surface area contributed by atoms with Crippen molar-refractivity contribution in [1.29, 1.82) is 0 Å². The maximum Gasteiger partial charge on any atom is 0.226 e. The fourth-order valence-electron chi connectivity index (χ4n) is 5.71. The van der Waals surface area contributed by atoms with Crippen molar-refractivity contribution in [2.45, 2.75) is 58.9 Å². The Kier molecular flexibility index (Phi) is 2.65. The molecule has 4 rings (SSSR count). The average Bonchev–Trinajstić information content (AvgIpc) is 2.85. The highest BCUT2D eigenvalue weighted by molar-refractivity contribution is 5.84. The standard InChI is InChI=1S/C18H25NO2/c1-3-13-7-17(10-16(2)11-18(16,8-13)12-17)15(20)19-9-14-5-4-6-21-14/h4-6,13H,3,7-12H2,1-2H3,(H,19,20). The SMILES string of the molecule is CCC1CC2(C(=O)NCc3ccco3)CC3(C)CC3(C1)C2. The van der Waals surface area contributed by atoms with E-state index < -0.39 is 0 Å². The van der Waals surface area contributed by atoms with Crippen molar-refractivity contribution >= 4 is 5.91 Å². The van der Waals surface area contributed by atoms with Crippen LogP contribution in [0.4, 0.5) is 0 Å². The number of hydrogen-bond acceptors (Lipinski definition) is 2. The Hall–Kier alpha value is -1.25. The molecule has 3 aliphatic rings. The zero-order valence-electron chi connectivity index (χ0n) is 13.1. The van der Waals surface area contributed by atoms with Gasteiger partial charge < -0.3 is 9.73 Å². The first-order valence-electron chi connectivity index (χ1n) is 8.32. The summed E-state index contributed by atoms with van der Waals surface area (Å²) >= 11 is 0. The quantitative estimate of drug-likeness (QED) is 0.912. The van der Waals surface area contributed by atoms with E-state index in [-0.39, 0.29) is 11.3 Å². The van der Waals surface area contributed by atoms with Gasteiger partial charge in [0, 0.05) is 0 Å². The second-order valence-corrected chi connectivity index (χ2v) is 8.10. The van der Waals surface area contributed by atoms with Crippen LogP contribution < -0.4 is 5.32 Å². The molecule has 1 heterocycles. The van der Waals surface area contributed by atoms with Crippen molar-refractivity contribution in [3.05, 3.63) is 24.2 Å². The van der Waals surface area contributed by atoms with Crippen LogP contribution in [0.25, 0.3) is 0 Å². The maximum atomic E-state index is 12.9. The van der Waals surface area contributed by atoms with Crippen LogP contribution in [0.1, 0.15) is 58.1 Å². The molecule has 4 atom stereocenters. The Morgan fingerprint density at radius 1 is 1.38 bits per heavy atom. The number of amides is 1. The van der Waals surface area contributed by atoms with Crippen LogP contribution in [0.15, 0.2) is 22.8 Å². The zero-order chi connectivity index (χ0) is 14.7. The average molecular weight is 287 g/mol. The highest BCUT2D eigenvalue weighted by Crippen LogP contribution is 2.83. The van der Waals surface area contributed by atoms with Gasteiger partial charge in [-0.3, -0.25) is 4.79 Å². The minimum Gasteiger partial charge on any atom is -0.467 e. The molecule has 0 aromatic carbocycles. The molecule has 3 saturated carbocycles. The van der Waals surface area contributed by atoms with E-state index in [0.717, 1.165) is 30.9 Å². The first kappa shape index (κ1) is 13.4. The first-order chi connectivity index (χ1) is 10.0. The minimum atomic E-state index is -0.0987. The van der Waals surface area contributed by atoms with Crippen LogP contribution in [-0.2, 0) is 11.3 Å². The number of rotatable bonds is 4. The number of hydrogen-bond donors (Lipinski definition) is 1. The third-order valence-electron chi connectivity index (χ3n) is 6.71. The summed E-state index contributed by atoms with van der Waals surface area (Å²) in [6.45, 7) is 5.21. The predicted octanol–water partition coefficient (Wildman–Crippen LogP) is 3.89. The van der Waals surface area contributed by atoms with Crippen molar-refractivity contribution in [3.8, 4) is 0 Å². The third-order valence-corrected chi connectivity index (χ3v) is 6.71. The predicted molar refractivity (Wildman–Crippen MR) is 80.4 cm³/mol. The Bertz CT molecular complexity index is 562. The van der Waals surface area contributed by atoms with Gasteiger partial charge in [-0.1, -0.05) is 20.3 Å². The summed E-state index contributed by atoms with van der Waals surface area (Å²) in [7, 11) is 0.